The Morgan fingerprint density at radius 1 is 1.36 bits per heavy atom. The van der Waals surface area contributed by atoms with Gasteiger partial charge in [-0.05, 0) is 30.2 Å². The number of ether oxygens (including phenoxy) is 1. The summed E-state index contributed by atoms with van der Waals surface area (Å²) in [4.78, 5) is 27.4. The Morgan fingerprint density at radius 3 is 2.72 bits per heavy atom. The van der Waals surface area contributed by atoms with Crippen LogP contribution in [0.1, 0.15) is 22.3 Å². The van der Waals surface area contributed by atoms with E-state index in [1.165, 1.54) is 13.2 Å². The summed E-state index contributed by atoms with van der Waals surface area (Å²) in [5.41, 5.74) is 1.06. The number of aryl methyl sites for hydroxylation is 1. The molecule has 25 heavy (non-hydrogen) atoms. The van der Waals surface area contributed by atoms with Gasteiger partial charge < -0.3 is 14.6 Å². The predicted octanol–water partition coefficient (Wildman–Crippen LogP) is 1.78. The van der Waals surface area contributed by atoms with Gasteiger partial charge in [-0.2, -0.15) is 5.26 Å². The van der Waals surface area contributed by atoms with Gasteiger partial charge in [-0.25, -0.2) is 9.78 Å². The summed E-state index contributed by atoms with van der Waals surface area (Å²) in [6.07, 6.45) is 7.46. The van der Waals surface area contributed by atoms with Crippen LogP contribution < -0.4 is 5.32 Å². The second kappa shape index (κ2) is 9.03. The lowest BCUT2D eigenvalue weighted by Gasteiger charge is -2.05. The third-order valence-electron chi connectivity index (χ3n) is 3.45. The SMILES string of the molecule is COC(=O)c1ccc(C=C(C#N)C(=O)NCCCn2ccnc2)cc1. The molecule has 0 spiro atoms. The summed E-state index contributed by atoms with van der Waals surface area (Å²) < 4.78 is 6.53. The molecule has 128 valence electrons. The molecule has 7 heteroatoms. The Labute approximate surface area is 145 Å². The zero-order chi connectivity index (χ0) is 18.1. The largest absolute Gasteiger partial charge is 0.465 e. The van der Waals surface area contributed by atoms with E-state index in [1.807, 2.05) is 16.8 Å². The van der Waals surface area contributed by atoms with Crippen molar-refractivity contribution in [2.45, 2.75) is 13.0 Å². The molecular formula is C18H18N4O3. The second-order valence-corrected chi connectivity index (χ2v) is 5.19. The summed E-state index contributed by atoms with van der Waals surface area (Å²) in [7, 11) is 1.31. The molecule has 0 aliphatic rings. The van der Waals surface area contributed by atoms with Crippen LogP contribution >= 0.6 is 0 Å². The normalized spacial score (nSPS) is 10.8. The first kappa shape index (κ1) is 17.9. The minimum absolute atomic E-state index is 0.00782. The summed E-state index contributed by atoms with van der Waals surface area (Å²) in [5.74, 6) is -0.864. The van der Waals surface area contributed by atoms with Gasteiger partial charge in [0.15, 0.2) is 0 Å². The van der Waals surface area contributed by atoms with E-state index in [0.717, 1.165) is 13.0 Å². The van der Waals surface area contributed by atoms with Crippen LogP contribution in [0.4, 0.5) is 0 Å². The van der Waals surface area contributed by atoms with Crippen LogP contribution in [-0.2, 0) is 16.1 Å². The Hall–Kier alpha value is -3.40. The molecule has 2 aromatic rings. The maximum absolute atomic E-state index is 12.1. The Kier molecular flexibility index (Phi) is 6.48. The topological polar surface area (TPSA) is 97.0 Å². The third-order valence-corrected chi connectivity index (χ3v) is 3.45. The number of hydrogen-bond acceptors (Lipinski definition) is 5. The van der Waals surface area contributed by atoms with E-state index < -0.39 is 11.9 Å². The predicted molar refractivity (Wildman–Crippen MR) is 91.2 cm³/mol. The van der Waals surface area contributed by atoms with Gasteiger partial charge in [0, 0.05) is 25.5 Å². The molecule has 1 heterocycles. The lowest BCUT2D eigenvalue weighted by molar-refractivity contribution is -0.117. The van der Waals surface area contributed by atoms with Crippen molar-refractivity contribution in [1.82, 2.24) is 14.9 Å². The van der Waals surface area contributed by atoms with E-state index in [-0.39, 0.29) is 5.57 Å². The fourth-order valence-corrected chi connectivity index (χ4v) is 2.13. The van der Waals surface area contributed by atoms with Crippen molar-refractivity contribution in [1.29, 1.82) is 5.26 Å². The van der Waals surface area contributed by atoms with Crippen LogP contribution in [0.2, 0.25) is 0 Å². The first-order valence-corrected chi connectivity index (χ1v) is 7.68. The van der Waals surface area contributed by atoms with Gasteiger partial charge in [0.2, 0.25) is 0 Å². The maximum atomic E-state index is 12.1. The number of benzene rings is 1. The fourth-order valence-electron chi connectivity index (χ4n) is 2.13. The molecule has 1 aromatic carbocycles. The molecule has 0 unspecified atom stereocenters. The average molecular weight is 338 g/mol. The third kappa shape index (κ3) is 5.32. The first-order chi connectivity index (χ1) is 12.1. The number of methoxy groups -OCH3 is 1. The number of aromatic nitrogens is 2. The van der Waals surface area contributed by atoms with Gasteiger partial charge in [-0.15, -0.1) is 0 Å². The van der Waals surface area contributed by atoms with Gasteiger partial charge in [-0.1, -0.05) is 12.1 Å². The second-order valence-electron chi connectivity index (χ2n) is 5.19. The molecular weight excluding hydrogens is 320 g/mol. The average Bonchev–Trinajstić information content (AvgIpc) is 3.16. The van der Waals surface area contributed by atoms with Crippen molar-refractivity contribution in [3.8, 4) is 6.07 Å². The Morgan fingerprint density at radius 2 is 2.12 bits per heavy atom. The zero-order valence-electron chi connectivity index (χ0n) is 13.8. The number of amides is 1. The number of nitriles is 1. The molecule has 0 atom stereocenters. The molecule has 0 fully saturated rings. The number of rotatable bonds is 7. The quantitative estimate of drug-likeness (QED) is 0.359. The van der Waals surface area contributed by atoms with Gasteiger partial charge in [0.1, 0.15) is 11.6 Å². The van der Waals surface area contributed by atoms with Gasteiger partial charge in [0.25, 0.3) is 5.91 Å². The molecule has 1 amide bonds. The lowest BCUT2D eigenvalue weighted by Crippen LogP contribution is -2.26. The van der Waals surface area contributed by atoms with Crippen LogP contribution in [0.3, 0.4) is 0 Å². The Balaban J connectivity index is 1.91. The summed E-state index contributed by atoms with van der Waals surface area (Å²) >= 11 is 0. The zero-order valence-corrected chi connectivity index (χ0v) is 13.8. The van der Waals surface area contributed by atoms with E-state index in [1.54, 1.807) is 36.8 Å². The monoisotopic (exact) mass is 338 g/mol. The maximum Gasteiger partial charge on any atom is 0.337 e. The van der Waals surface area contributed by atoms with E-state index in [2.05, 4.69) is 15.0 Å². The molecule has 0 saturated carbocycles. The molecule has 0 bridgehead atoms. The lowest BCUT2D eigenvalue weighted by atomic mass is 10.1. The van der Waals surface area contributed by atoms with E-state index in [0.29, 0.717) is 17.7 Å². The minimum Gasteiger partial charge on any atom is -0.465 e. The summed E-state index contributed by atoms with van der Waals surface area (Å²) in [5, 5.41) is 11.9. The molecule has 0 aliphatic heterocycles. The van der Waals surface area contributed by atoms with E-state index in [9.17, 15) is 14.9 Å². The number of esters is 1. The van der Waals surface area contributed by atoms with Gasteiger partial charge in [0.05, 0.1) is 19.0 Å². The molecule has 0 aliphatic carbocycles. The van der Waals surface area contributed by atoms with Crippen LogP contribution in [0, 0.1) is 11.3 Å². The van der Waals surface area contributed by atoms with E-state index >= 15 is 0 Å². The highest BCUT2D eigenvalue weighted by Gasteiger charge is 2.09. The highest BCUT2D eigenvalue weighted by molar-refractivity contribution is 6.01. The van der Waals surface area contributed by atoms with Crippen LogP contribution in [0.5, 0.6) is 0 Å². The van der Waals surface area contributed by atoms with Crippen LogP contribution in [0.15, 0.2) is 48.6 Å². The van der Waals surface area contributed by atoms with Crippen LogP contribution in [-0.4, -0.2) is 35.1 Å². The highest BCUT2D eigenvalue weighted by Crippen LogP contribution is 2.10. The molecule has 1 N–H and O–H groups in total. The summed E-state index contributed by atoms with van der Waals surface area (Å²) in [6.45, 7) is 1.19. The number of carbonyl (C=O) groups is 2. The number of carbonyl (C=O) groups excluding carboxylic acids is 2. The smallest absolute Gasteiger partial charge is 0.337 e. The number of imidazole rings is 1. The number of hydrogen-bond donors (Lipinski definition) is 1. The molecule has 2 rings (SSSR count). The van der Waals surface area contributed by atoms with Gasteiger partial charge >= 0.3 is 5.97 Å². The molecule has 7 nitrogen and oxygen atoms in total. The van der Waals surface area contributed by atoms with Crippen molar-refractivity contribution in [2.75, 3.05) is 13.7 Å². The van der Waals surface area contributed by atoms with Crippen molar-refractivity contribution in [2.24, 2.45) is 0 Å². The van der Waals surface area contributed by atoms with E-state index in [4.69, 9.17) is 0 Å². The van der Waals surface area contributed by atoms with Gasteiger partial charge in [-0.3, -0.25) is 4.79 Å². The fraction of sp³-hybridized carbons (Fsp3) is 0.222. The van der Waals surface area contributed by atoms with Crippen molar-refractivity contribution in [3.05, 3.63) is 59.7 Å². The van der Waals surface area contributed by atoms with Crippen molar-refractivity contribution < 1.29 is 14.3 Å². The molecule has 1 aromatic heterocycles. The van der Waals surface area contributed by atoms with Crippen LogP contribution in [0.25, 0.3) is 6.08 Å². The summed E-state index contributed by atoms with van der Waals surface area (Å²) in [6, 6.07) is 8.35. The Bertz CT molecular complexity index is 787. The van der Waals surface area contributed by atoms with Crippen molar-refractivity contribution in [3.63, 3.8) is 0 Å². The molecule has 0 saturated heterocycles. The number of nitrogens with one attached hydrogen (secondary N) is 1. The standard InChI is InChI=1S/C18H18N4O3/c1-25-18(24)15-5-3-14(4-6-15)11-16(12-19)17(23)21-7-2-9-22-10-8-20-13-22/h3-6,8,10-11,13H,2,7,9H2,1H3,(H,21,23). The minimum atomic E-state index is -0.438. The highest BCUT2D eigenvalue weighted by atomic mass is 16.5. The number of nitrogens with zero attached hydrogens (tertiary/aromatic N) is 3. The molecule has 0 radical (unpaired) electrons. The van der Waals surface area contributed by atoms with Crippen molar-refractivity contribution >= 4 is 18.0 Å². The first-order valence-electron chi connectivity index (χ1n) is 7.68.